The number of halogens is 1. The lowest BCUT2D eigenvalue weighted by atomic mass is 10.2. The van der Waals surface area contributed by atoms with Gasteiger partial charge < -0.3 is 15.6 Å². The number of nitrogens with one attached hydrogen (secondary N) is 3. The Morgan fingerprint density at radius 3 is 2.62 bits per heavy atom. The molecule has 0 amide bonds. The molecule has 148 valence electrons. The molecule has 0 atom stereocenters. The molecular formula is C19H17ClN6O2S. The smallest absolute Gasteiger partial charge is 0.238 e. The predicted octanol–water partition coefficient (Wildman–Crippen LogP) is 4.05. The number of hydrogen-bond acceptors (Lipinski definition) is 6. The number of aryl methyl sites for hydroxylation is 1. The molecule has 0 spiro atoms. The summed E-state index contributed by atoms with van der Waals surface area (Å²) in [6, 6.07) is 12.6. The van der Waals surface area contributed by atoms with Crippen molar-refractivity contribution < 1.29 is 8.42 Å². The Bertz CT molecular complexity index is 1320. The zero-order chi connectivity index (χ0) is 20.6. The summed E-state index contributed by atoms with van der Waals surface area (Å²) in [5, 5.41) is 12.8. The van der Waals surface area contributed by atoms with E-state index in [0.717, 1.165) is 16.6 Å². The number of anilines is 4. The quantitative estimate of drug-likeness (QED) is 0.380. The van der Waals surface area contributed by atoms with E-state index >= 15 is 0 Å². The van der Waals surface area contributed by atoms with Gasteiger partial charge in [0.05, 0.1) is 11.1 Å². The topological polar surface area (TPSA) is 126 Å². The molecule has 4 rings (SSSR count). The lowest BCUT2D eigenvalue weighted by Crippen LogP contribution is -2.14. The van der Waals surface area contributed by atoms with Crippen LogP contribution in [0.2, 0.25) is 5.02 Å². The van der Waals surface area contributed by atoms with E-state index in [-0.39, 0.29) is 10.8 Å². The lowest BCUT2D eigenvalue weighted by Gasteiger charge is -2.11. The Balaban J connectivity index is 1.61. The number of rotatable bonds is 5. The molecule has 5 N–H and O–H groups in total. The van der Waals surface area contributed by atoms with Crippen molar-refractivity contribution in [3.8, 4) is 0 Å². The van der Waals surface area contributed by atoms with E-state index in [0.29, 0.717) is 22.1 Å². The number of primary sulfonamides is 1. The molecule has 29 heavy (non-hydrogen) atoms. The maximum absolute atomic E-state index is 11.7. The van der Waals surface area contributed by atoms with Crippen molar-refractivity contribution in [2.45, 2.75) is 11.8 Å². The molecule has 10 heteroatoms. The largest absolute Gasteiger partial charge is 0.361 e. The molecule has 2 aromatic heterocycles. The maximum Gasteiger partial charge on any atom is 0.238 e. The van der Waals surface area contributed by atoms with Crippen molar-refractivity contribution in [1.82, 2.24) is 15.0 Å². The highest BCUT2D eigenvalue weighted by Crippen LogP contribution is 2.27. The first-order valence-corrected chi connectivity index (χ1v) is 10.5. The predicted molar refractivity (Wildman–Crippen MR) is 114 cm³/mol. The minimum absolute atomic E-state index is 0.0367. The Morgan fingerprint density at radius 1 is 1.07 bits per heavy atom. The minimum Gasteiger partial charge on any atom is -0.361 e. The second-order valence-corrected chi connectivity index (χ2v) is 8.38. The summed E-state index contributed by atoms with van der Waals surface area (Å²) in [4.78, 5) is 11.7. The molecule has 4 aromatic rings. The van der Waals surface area contributed by atoms with Crippen LogP contribution in [0, 0.1) is 6.92 Å². The number of nitrogens with zero attached hydrogens (tertiary/aromatic N) is 2. The third-order valence-corrected chi connectivity index (χ3v) is 5.64. The number of nitrogens with two attached hydrogens (primary N) is 1. The zero-order valence-electron chi connectivity index (χ0n) is 15.3. The van der Waals surface area contributed by atoms with Crippen LogP contribution in [0.5, 0.6) is 0 Å². The highest BCUT2D eigenvalue weighted by Gasteiger charge is 2.13. The molecule has 0 unspecified atom stereocenters. The van der Waals surface area contributed by atoms with Gasteiger partial charge in [0.1, 0.15) is 5.02 Å². The molecule has 0 aliphatic heterocycles. The summed E-state index contributed by atoms with van der Waals surface area (Å²) in [5.41, 5.74) is 2.88. The average Bonchev–Trinajstić information content (AvgIpc) is 3.13. The summed E-state index contributed by atoms with van der Waals surface area (Å²) in [6.45, 7) is 1.67. The fourth-order valence-electron chi connectivity index (χ4n) is 2.90. The van der Waals surface area contributed by atoms with Crippen molar-refractivity contribution >= 4 is 55.7 Å². The van der Waals surface area contributed by atoms with Crippen LogP contribution in [0.3, 0.4) is 0 Å². The molecule has 0 aliphatic carbocycles. The standard InChI is InChI=1S/C19H17ClN6O2S/c1-11-2-3-14(9-17(11)29(21,27)28)25-19-23-10-15(20)18(26-19)24-13-4-5-16-12(8-13)6-7-22-16/h2-10,22H,1H3,(H2,21,27,28)(H2,23,24,25,26). The van der Waals surface area contributed by atoms with Crippen LogP contribution >= 0.6 is 11.6 Å². The molecule has 0 saturated carbocycles. The minimum atomic E-state index is -3.83. The van der Waals surface area contributed by atoms with E-state index in [4.69, 9.17) is 16.7 Å². The molecule has 0 saturated heterocycles. The fourth-order valence-corrected chi connectivity index (χ4v) is 3.84. The van der Waals surface area contributed by atoms with E-state index in [2.05, 4.69) is 25.6 Å². The van der Waals surface area contributed by atoms with Gasteiger partial charge in [0.25, 0.3) is 0 Å². The third-order valence-electron chi connectivity index (χ3n) is 4.31. The van der Waals surface area contributed by atoms with Crippen LogP contribution in [0.25, 0.3) is 10.9 Å². The third kappa shape index (κ3) is 4.16. The molecular weight excluding hydrogens is 412 g/mol. The van der Waals surface area contributed by atoms with Gasteiger partial charge >= 0.3 is 0 Å². The first-order valence-electron chi connectivity index (χ1n) is 8.57. The summed E-state index contributed by atoms with van der Waals surface area (Å²) >= 11 is 6.23. The van der Waals surface area contributed by atoms with E-state index in [1.54, 1.807) is 19.1 Å². The van der Waals surface area contributed by atoms with Gasteiger partial charge in [0.2, 0.25) is 16.0 Å². The first-order chi connectivity index (χ1) is 13.8. The first kappa shape index (κ1) is 19.2. The Morgan fingerprint density at radius 2 is 1.83 bits per heavy atom. The number of aromatic nitrogens is 3. The second-order valence-electron chi connectivity index (χ2n) is 6.45. The fraction of sp³-hybridized carbons (Fsp3) is 0.0526. The van der Waals surface area contributed by atoms with Crippen molar-refractivity contribution in [1.29, 1.82) is 0 Å². The number of H-pyrrole nitrogens is 1. The van der Waals surface area contributed by atoms with Crippen molar-refractivity contribution in [3.63, 3.8) is 0 Å². The van der Waals surface area contributed by atoms with Gasteiger partial charge in [-0.2, -0.15) is 4.98 Å². The van der Waals surface area contributed by atoms with Crippen molar-refractivity contribution in [2.24, 2.45) is 5.14 Å². The van der Waals surface area contributed by atoms with Gasteiger partial charge in [-0.15, -0.1) is 0 Å². The Kier molecular flexibility index (Phi) is 4.87. The number of aromatic amines is 1. The highest BCUT2D eigenvalue weighted by molar-refractivity contribution is 7.89. The molecule has 0 radical (unpaired) electrons. The van der Waals surface area contributed by atoms with E-state index in [1.165, 1.54) is 12.3 Å². The van der Waals surface area contributed by atoms with E-state index in [9.17, 15) is 8.42 Å². The van der Waals surface area contributed by atoms with Gasteiger partial charge in [0.15, 0.2) is 5.82 Å². The van der Waals surface area contributed by atoms with E-state index in [1.807, 2.05) is 30.5 Å². The van der Waals surface area contributed by atoms with Gasteiger partial charge in [-0.1, -0.05) is 17.7 Å². The maximum atomic E-state index is 11.7. The SMILES string of the molecule is Cc1ccc(Nc2ncc(Cl)c(Nc3ccc4[nH]ccc4c3)n2)cc1S(N)(=O)=O. The van der Waals surface area contributed by atoms with E-state index < -0.39 is 10.0 Å². The second kappa shape index (κ2) is 7.36. The molecule has 8 nitrogen and oxygen atoms in total. The lowest BCUT2D eigenvalue weighted by molar-refractivity contribution is 0.597. The average molecular weight is 429 g/mol. The Hall–Kier alpha value is -3.14. The van der Waals surface area contributed by atoms with Gasteiger partial charge in [-0.05, 0) is 48.9 Å². The van der Waals surface area contributed by atoms with Crippen LogP contribution in [-0.2, 0) is 10.0 Å². The number of sulfonamides is 1. The summed E-state index contributed by atoms with van der Waals surface area (Å²) in [5.74, 6) is 0.668. The Labute approximate surface area is 172 Å². The van der Waals surface area contributed by atoms with Gasteiger partial charge in [0, 0.05) is 28.5 Å². The van der Waals surface area contributed by atoms with Crippen molar-refractivity contribution in [2.75, 3.05) is 10.6 Å². The van der Waals surface area contributed by atoms with Crippen LogP contribution in [-0.4, -0.2) is 23.4 Å². The molecule has 0 fully saturated rings. The summed E-state index contributed by atoms with van der Waals surface area (Å²) < 4.78 is 23.4. The monoisotopic (exact) mass is 428 g/mol. The van der Waals surface area contributed by atoms with Crippen LogP contribution in [0.4, 0.5) is 23.1 Å². The summed E-state index contributed by atoms with van der Waals surface area (Å²) in [6.07, 6.45) is 3.33. The molecule has 0 aliphatic rings. The number of benzene rings is 2. The van der Waals surface area contributed by atoms with Crippen LogP contribution in [0.1, 0.15) is 5.56 Å². The number of hydrogen-bond donors (Lipinski definition) is 4. The summed E-state index contributed by atoms with van der Waals surface area (Å²) in [7, 11) is -3.83. The van der Waals surface area contributed by atoms with Gasteiger partial charge in [-0.25, -0.2) is 18.5 Å². The zero-order valence-corrected chi connectivity index (χ0v) is 16.8. The normalized spacial score (nSPS) is 11.6. The number of fused-ring (bicyclic) bond motifs is 1. The van der Waals surface area contributed by atoms with Crippen LogP contribution < -0.4 is 15.8 Å². The molecule has 2 aromatic carbocycles. The molecule has 0 bridgehead atoms. The van der Waals surface area contributed by atoms with Crippen molar-refractivity contribution in [3.05, 3.63) is 65.4 Å². The van der Waals surface area contributed by atoms with Crippen LogP contribution in [0.15, 0.2) is 59.8 Å². The molecule has 2 heterocycles. The van der Waals surface area contributed by atoms with Gasteiger partial charge in [-0.3, -0.25) is 0 Å². The highest BCUT2D eigenvalue weighted by atomic mass is 35.5.